The predicted octanol–water partition coefficient (Wildman–Crippen LogP) is 0.773. The molecule has 34 heavy (non-hydrogen) atoms. The van der Waals surface area contributed by atoms with Crippen molar-refractivity contribution in [2.75, 3.05) is 11.5 Å². The van der Waals surface area contributed by atoms with Gasteiger partial charge in [0.15, 0.2) is 23.2 Å². The average Bonchev–Trinajstić information content (AvgIpc) is 3.23. The molecule has 2 aromatic rings. The number of carboxylic acid groups (broad SMARTS) is 1. The fourth-order valence-corrected chi connectivity index (χ4v) is 6.05. The summed E-state index contributed by atoms with van der Waals surface area (Å²) in [6, 6.07) is 2.87. The Morgan fingerprint density at radius 1 is 1.47 bits per heavy atom. The van der Waals surface area contributed by atoms with Crippen LogP contribution in [0.4, 0.5) is 5.13 Å². The quantitative estimate of drug-likeness (QED) is 0.103. The molecule has 0 radical (unpaired) electrons. The number of fused-ring (bicyclic) bond motifs is 1. The fourth-order valence-electron chi connectivity index (χ4n) is 3.41. The number of hydrogen-bond donors (Lipinski definition) is 4. The number of nitrogens with one attached hydrogen (secondary N) is 1. The second-order valence-corrected chi connectivity index (χ2v) is 10.2. The van der Waals surface area contributed by atoms with E-state index in [2.05, 4.69) is 15.5 Å². The van der Waals surface area contributed by atoms with Gasteiger partial charge in [0.2, 0.25) is 0 Å². The standard InChI is InChI=1S/C20H18N6O5S3/c1-25-5-2-3-11(7-25)32-6-4-10-8-33-18-14(17(28)26(18)15(10)19(29)30)23-16(27)13(24-31)12-9-34-20(21)22-12/h2-7,9,14,18H,8H2,1H3,(H4-,21,22,23,27,29,30,31)/p+1/b6-4+. The molecule has 2 aliphatic rings. The number of nitrogens with two attached hydrogens (primary N) is 1. The third kappa shape index (κ3) is 4.64. The van der Waals surface area contributed by atoms with Gasteiger partial charge in [0.25, 0.3) is 11.8 Å². The number of thiazole rings is 1. The summed E-state index contributed by atoms with van der Waals surface area (Å²) in [5, 5.41) is 27.3. The van der Waals surface area contributed by atoms with Crippen molar-refractivity contribution in [1.29, 1.82) is 0 Å². The number of allylic oxidation sites excluding steroid dienone is 1. The number of thioether (sulfide) groups is 2. The van der Waals surface area contributed by atoms with E-state index in [0.717, 1.165) is 16.2 Å². The van der Waals surface area contributed by atoms with Gasteiger partial charge in [0.1, 0.15) is 29.9 Å². The summed E-state index contributed by atoms with van der Waals surface area (Å²) in [6.45, 7) is 0. The Hall–Kier alpha value is -3.36. The van der Waals surface area contributed by atoms with Gasteiger partial charge < -0.3 is 21.4 Å². The predicted molar refractivity (Wildman–Crippen MR) is 127 cm³/mol. The molecule has 14 heteroatoms. The van der Waals surface area contributed by atoms with Crippen molar-refractivity contribution < 1.29 is 29.3 Å². The number of anilines is 1. The van der Waals surface area contributed by atoms with Crippen molar-refractivity contribution in [1.82, 2.24) is 15.2 Å². The van der Waals surface area contributed by atoms with Crippen LogP contribution in [-0.4, -0.2) is 60.9 Å². The number of oxime groups is 1. The van der Waals surface area contributed by atoms with Gasteiger partial charge in [-0.15, -0.1) is 23.1 Å². The van der Waals surface area contributed by atoms with E-state index in [1.807, 2.05) is 36.1 Å². The smallest absolute Gasteiger partial charge is 0.352 e. The topological polar surface area (TPSA) is 162 Å². The molecule has 2 atom stereocenters. The molecule has 176 valence electrons. The number of nitrogen functional groups attached to an aromatic ring is 1. The SMILES string of the molecule is C[n+]1cccc(S/C=C/C2=C(C(=O)O)N3C(=O)C(NC(=O)/C(=N/O)c4csc(N)n4)C3SC2)c1. The second-order valence-electron chi connectivity index (χ2n) is 7.19. The Labute approximate surface area is 206 Å². The number of carbonyl (C=O) groups is 3. The molecule has 2 aromatic heterocycles. The van der Waals surface area contributed by atoms with Gasteiger partial charge in [-0.3, -0.25) is 14.5 Å². The number of β-lactam (4-membered cyclic amide) rings is 1. The first kappa shape index (κ1) is 23.8. The molecule has 2 aliphatic heterocycles. The minimum Gasteiger partial charge on any atom is -0.477 e. The number of aryl methyl sites for hydroxylation is 1. The highest BCUT2D eigenvalue weighted by Gasteiger charge is 2.54. The van der Waals surface area contributed by atoms with E-state index in [-0.39, 0.29) is 22.2 Å². The van der Waals surface area contributed by atoms with Gasteiger partial charge in [0, 0.05) is 17.2 Å². The molecule has 2 unspecified atom stereocenters. The highest BCUT2D eigenvalue weighted by atomic mass is 32.2. The first-order valence-corrected chi connectivity index (χ1v) is 12.5. The van der Waals surface area contributed by atoms with Crippen LogP contribution in [0.25, 0.3) is 0 Å². The molecule has 4 rings (SSSR count). The second kappa shape index (κ2) is 9.87. The number of hydrogen-bond acceptors (Lipinski definition) is 10. The Morgan fingerprint density at radius 2 is 2.26 bits per heavy atom. The summed E-state index contributed by atoms with van der Waals surface area (Å²) in [6.07, 6.45) is 5.53. The number of nitrogens with zero attached hydrogens (tertiary/aromatic N) is 4. The molecule has 0 spiro atoms. The number of amides is 2. The third-order valence-electron chi connectivity index (χ3n) is 4.95. The highest BCUT2D eigenvalue weighted by Crippen LogP contribution is 2.41. The normalized spacial score (nSPS) is 20.3. The van der Waals surface area contributed by atoms with Crippen LogP contribution in [0.15, 0.2) is 62.7 Å². The Morgan fingerprint density at radius 3 is 2.91 bits per heavy atom. The lowest BCUT2D eigenvalue weighted by atomic mass is 10.0. The van der Waals surface area contributed by atoms with Gasteiger partial charge in [-0.25, -0.2) is 14.3 Å². The highest BCUT2D eigenvalue weighted by molar-refractivity contribution is 8.02. The average molecular weight is 520 g/mol. The lowest BCUT2D eigenvalue weighted by Crippen LogP contribution is -2.71. The van der Waals surface area contributed by atoms with Gasteiger partial charge in [0.05, 0.1) is 4.90 Å². The maximum atomic E-state index is 12.8. The number of aliphatic carboxylic acids is 1. The van der Waals surface area contributed by atoms with Crippen molar-refractivity contribution in [3.05, 3.63) is 58.4 Å². The van der Waals surface area contributed by atoms with E-state index in [4.69, 9.17) is 5.73 Å². The lowest BCUT2D eigenvalue weighted by molar-refractivity contribution is -0.673. The molecule has 1 saturated heterocycles. The summed E-state index contributed by atoms with van der Waals surface area (Å²) in [4.78, 5) is 43.4. The number of rotatable bonds is 7. The summed E-state index contributed by atoms with van der Waals surface area (Å²) >= 11 is 3.83. The van der Waals surface area contributed by atoms with Gasteiger partial charge in [-0.2, -0.15) is 0 Å². The third-order valence-corrected chi connectivity index (χ3v) is 7.71. The van der Waals surface area contributed by atoms with E-state index in [1.54, 1.807) is 11.5 Å². The van der Waals surface area contributed by atoms with Crippen molar-refractivity contribution in [2.24, 2.45) is 12.2 Å². The van der Waals surface area contributed by atoms with Crippen molar-refractivity contribution in [3.8, 4) is 0 Å². The Bertz CT molecular complexity index is 1260. The Kier molecular flexibility index (Phi) is 6.90. The summed E-state index contributed by atoms with van der Waals surface area (Å²) in [5.41, 5.74) is 5.63. The number of carbonyl (C=O) groups excluding carboxylic acids is 2. The zero-order valence-electron chi connectivity index (χ0n) is 17.6. The van der Waals surface area contributed by atoms with Crippen LogP contribution >= 0.6 is 34.9 Å². The number of aromatic nitrogens is 2. The van der Waals surface area contributed by atoms with Gasteiger partial charge >= 0.3 is 5.97 Å². The van der Waals surface area contributed by atoms with Gasteiger partial charge in [-0.05, 0) is 23.1 Å². The molecule has 5 N–H and O–H groups in total. The molecule has 4 heterocycles. The Balaban J connectivity index is 1.48. The lowest BCUT2D eigenvalue weighted by Gasteiger charge is -2.49. The van der Waals surface area contributed by atoms with Gasteiger partial charge in [-0.1, -0.05) is 16.9 Å². The molecule has 0 saturated carbocycles. The monoisotopic (exact) mass is 519 g/mol. The van der Waals surface area contributed by atoms with Crippen LogP contribution < -0.4 is 15.6 Å². The molecular weight excluding hydrogens is 500 g/mol. The van der Waals surface area contributed by atoms with Crippen LogP contribution in [0.1, 0.15) is 5.69 Å². The van der Waals surface area contributed by atoms with Crippen LogP contribution in [0.2, 0.25) is 0 Å². The van der Waals surface area contributed by atoms with Crippen molar-refractivity contribution in [3.63, 3.8) is 0 Å². The van der Waals surface area contributed by atoms with Crippen molar-refractivity contribution in [2.45, 2.75) is 16.3 Å². The van der Waals surface area contributed by atoms with Crippen LogP contribution in [0.3, 0.4) is 0 Å². The van der Waals surface area contributed by atoms with E-state index in [9.17, 15) is 24.7 Å². The molecule has 1 fully saturated rings. The molecule has 0 aromatic carbocycles. The first-order valence-electron chi connectivity index (χ1n) is 9.74. The minimum atomic E-state index is -1.23. The number of pyridine rings is 1. The zero-order chi connectivity index (χ0) is 24.4. The number of carboxylic acids is 1. The minimum absolute atomic E-state index is 0.0745. The van der Waals surface area contributed by atoms with E-state index < -0.39 is 29.2 Å². The fraction of sp³-hybridized carbons (Fsp3) is 0.200. The van der Waals surface area contributed by atoms with E-state index >= 15 is 0 Å². The summed E-state index contributed by atoms with van der Waals surface area (Å²) in [7, 11) is 1.91. The maximum absolute atomic E-state index is 12.8. The molecule has 0 bridgehead atoms. The maximum Gasteiger partial charge on any atom is 0.352 e. The molecular formula is C20H19N6O5S3+. The largest absolute Gasteiger partial charge is 0.477 e. The zero-order valence-corrected chi connectivity index (χ0v) is 20.1. The van der Waals surface area contributed by atoms with E-state index in [0.29, 0.717) is 11.3 Å². The molecule has 11 nitrogen and oxygen atoms in total. The van der Waals surface area contributed by atoms with Crippen LogP contribution in [0, 0.1) is 0 Å². The first-order chi connectivity index (χ1) is 16.3. The summed E-state index contributed by atoms with van der Waals surface area (Å²) in [5.74, 6) is -2.27. The molecule has 0 aliphatic carbocycles. The summed E-state index contributed by atoms with van der Waals surface area (Å²) < 4.78 is 1.91. The van der Waals surface area contributed by atoms with Crippen LogP contribution in [0.5, 0.6) is 0 Å². The van der Waals surface area contributed by atoms with Crippen LogP contribution in [-0.2, 0) is 21.4 Å². The van der Waals surface area contributed by atoms with Crippen molar-refractivity contribution >= 4 is 63.5 Å². The molecule has 2 amide bonds. The van der Waals surface area contributed by atoms with E-state index in [1.165, 1.54) is 33.8 Å².